The van der Waals surface area contributed by atoms with Crippen molar-refractivity contribution >= 4 is 51.8 Å². The van der Waals surface area contributed by atoms with E-state index >= 15 is 0 Å². The Kier molecular flexibility index (Phi) is 10.9. The molecule has 0 bridgehead atoms. The van der Waals surface area contributed by atoms with Crippen molar-refractivity contribution in [2.45, 2.75) is 60.0 Å². The number of benzene rings is 3. The number of fused-ring (bicyclic) bond motifs is 2. The minimum Gasteiger partial charge on any atom is -0.494 e. The number of aromatic nitrogens is 4. The maximum Gasteiger partial charge on any atom is 0.338 e. The van der Waals surface area contributed by atoms with Gasteiger partial charge in [0.2, 0.25) is 0 Å². The Morgan fingerprint density at radius 3 is 2.42 bits per heavy atom. The number of amides is 1. The number of nitrogens with zero attached hydrogens (tertiary/aromatic N) is 4. The zero-order valence-electron chi connectivity index (χ0n) is 31.9. The highest BCUT2D eigenvalue weighted by atomic mass is 35.5. The van der Waals surface area contributed by atoms with E-state index in [2.05, 4.69) is 38.5 Å². The summed E-state index contributed by atoms with van der Waals surface area (Å²) in [5.74, 6) is 0.628. The van der Waals surface area contributed by atoms with Gasteiger partial charge in [0.25, 0.3) is 5.91 Å². The van der Waals surface area contributed by atoms with Crippen LogP contribution >= 0.6 is 23.2 Å². The predicted octanol–water partition coefficient (Wildman–Crippen LogP) is 8.79. The third-order valence-corrected chi connectivity index (χ3v) is 11.3. The number of ether oxygens (including phenoxy) is 2. The largest absolute Gasteiger partial charge is 0.494 e. The fourth-order valence-corrected chi connectivity index (χ4v) is 7.93. The SMILES string of the molecule is COC(=O)c1cc(CNC(=O)c2[nH]c3c(-c4c(C)nn(C)c4C)c(Cl)ccc3c2CCCOc2cc(C)c(Cl)c(C)c2)nc(N2CCc3ccccc3C2)c1. The molecule has 0 saturated carbocycles. The Bertz CT molecular complexity index is 2430. The van der Waals surface area contributed by atoms with E-state index in [1.165, 1.54) is 18.2 Å². The molecular weight excluding hydrogens is 735 g/mol. The Labute approximate surface area is 330 Å². The molecule has 4 heterocycles. The number of rotatable bonds is 11. The molecule has 7 rings (SSSR count). The van der Waals surface area contributed by atoms with Crippen LogP contribution in [0.2, 0.25) is 10.0 Å². The molecule has 3 aromatic heterocycles. The molecule has 0 spiro atoms. The first-order valence-corrected chi connectivity index (χ1v) is 19.1. The second-order valence-corrected chi connectivity index (χ2v) is 14.9. The highest BCUT2D eigenvalue weighted by Gasteiger charge is 2.25. The van der Waals surface area contributed by atoms with Gasteiger partial charge in [-0.25, -0.2) is 9.78 Å². The van der Waals surface area contributed by atoms with Crippen LogP contribution in [0, 0.1) is 27.7 Å². The molecule has 0 unspecified atom stereocenters. The smallest absolute Gasteiger partial charge is 0.338 e. The van der Waals surface area contributed by atoms with Crippen molar-refractivity contribution in [2.24, 2.45) is 7.05 Å². The van der Waals surface area contributed by atoms with E-state index < -0.39 is 5.97 Å². The third-order valence-electron chi connectivity index (χ3n) is 10.4. The number of carbonyl (C=O) groups excluding carboxylic acids is 2. The monoisotopic (exact) mass is 778 g/mol. The summed E-state index contributed by atoms with van der Waals surface area (Å²) >= 11 is 13.3. The van der Waals surface area contributed by atoms with E-state index in [0.29, 0.717) is 53.8 Å². The van der Waals surface area contributed by atoms with E-state index in [1.54, 1.807) is 12.1 Å². The van der Waals surface area contributed by atoms with Crippen LogP contribution in [0.3, 0.4) is 0 Å². The van der Waals surface area contributed by atoms with Crippen molar-refractivity contribution in [3.8, 4) is 16.9 Å². The lowest BCUT2D eigenvalue weighted by Gasteiger charge is -2.30. The molecule has 55 heavy (non-hydrogen) atoms. The van der Waals surface area contributed by atoms with Gasteiger partial charge in [-0.1, -0.05) is 53.5 Å². The number of hydrogen-bond acceptors (Lipinski definition) is 7. The molecule has 0 atom stereocenters. The third kappa shape index (κ3) is 7.66. The van der Waals surface area contributed by atoms with Gasteiger partial charge in [0, 0.05) is 47.4 Å². The number of anilines is 1. The van der Waals surface area contributed by atoms with Crippen LogP contribution in [0.1, 0.15) is 72.2 Å². The average molecular weight is 780 g/mol. The van der Waals surface area contributed by atoms with E-state index in [0.717, 1.165) is 73.8 Å². The van der Waals surface area contributed by atoms with Gasteiger partial charge >= 0.3 is 5.97 Å². The van der Waals surface area contributed by atoms with Crippen molar-refractivity contribution in [2.75, 3.05) is 25.2 Å². The number of nitrogens with one attached hydrogen (secondary N) is 2. The number of halogens is 2. The number of pyridine rings is 1. The Morgan fingerprint density at radius 1 is 0.964 bits per heavy atom. The zero-order valence-corrected chi connectivity index (χ0v) is 33.4. The minimum atomic E-state index is -0.469. The summed E-state index contributed by atoms with van der Waals surface area (Å²) in [6.45, 7) is 9.82. The number of hydrogen-bond donors (Lipinski definition) is 2. The average Bonchev–Trinajstić information content (AvgIpc) is 3.68. The number of methoxy groups -OCH3 is 1. The molecule has 2 N–H and O–H groups in total. The predicted molar refractivity (Wildman–Crippen MR) is 218 cm³/mol. The van der Waals surface area contributed by atoms with Crippen molar-refractivity contribution in [1.82, 2.24) is 25.1 Å². The van der Waals surface area contributed by atoms with Crippen LogP contribution in [0.25, 0.3) is 22.0 Å². The molecular formula is C43H44Cl2N6O4. The first-order valence-electron chi connectivity index (χ1n) is 18.4. The molecule has 0 radical (unpaired) electrons. The molecule has 0 aliphatic carbocycles. The molecule has 6 aromatic rings. The van der Waals surface area contributed by atoms with Crippen LogP contribution in [0.4, 0.5) is 5.82 Å². The first kappa shape index (κ1) is 38.0. The second kappa shape index (κ2) is 15.8. The molecule has 0 fully saturated rings. The summed E-state index contributed by atoms with van der Waals surface area (Å²) in [5, 5.41) is 9.91. The summed E-state index contributed by atoms with van der Waals surface area (Å²) in [4.78, 5) is 37.6. The molecule has 284 valence electrons. The van der Waals surface area contributed by atoms with E-state index in [1.807, 2.05) is 69.8 Å². The summed E-state index contributed by atoms with van der Waals surface area (Å²) < 4.78 is 13.1. The molecule has 1 amide bonds. The van der Waals surface area contributed by atoms with Gasteiger partial charge in [0.15, 0.2) is 0 Å². The Balaban J connectivity index is 1.20. The van der Waals surface area contributed by atoms with Crippen LogP contribution < -0.4 is 15.0 Å². The molecule has 1 aliphatic heterocycles. The summed E-state index contributed by atoms with van der Waals surface area (Å²) in [6.07, 6.45) is 2.06. The quantitative estimate of drug-likeness (QED) is 0.0999. The molecule has 1 aliphatic rings. The van der Waals surface area contributed by atoms with Gasteiger partial charge in [-0.05, 0) is 105 Å². The summed E-state index contributed by atoms with van der Waals surface area (Å²) in [5.41, 5.74) is 10.9. The lowest BCUT2D eigenvalue weighted by Crippen LogP contribution is -2.32. The van der Waals surface area contributed by atoms with E-state index in [4.69, 9.17) is 37.7 Å². The second-order valence-electron chi connectivity index (χ2n) is 14.1. The molecule has 10 nitrogen and oxygen atoms in total. The van der Waals surface area contributed by atoms with Crippen molar-refractivity contribution < 1.29 is 19.1 Å². The van der Waals surface area contributed by atoms with Gasteiger partial charge in [-0.15, -0.1) is 0 Å². The van der Waals surface area contributed by atoms with Crippen molar-refractivity contribution in [1.29, 1.82) is 0 Å². The Morgan fingerprint density at radius 2 is 1.71 bits per heavy atom. The number of aromatic amines is 1. The zero-order chi connectivity index (χ0) is 39.0. The van der Waals surface area contributed by atoms with Crippen LogP contribution in [-0.4, -0.2) is 51.9 Å². The number of carbonyl (C=O) groups is 2. The lowest BCUT2D eigenvalue weighted by molar-refractivity contribution is 0.0600. The highest BCUT2D eigenvalue weighted by Crippen LogP contribution is 2.40. The summed E-state index contributed by atoms with van der Waals surface area (Å²) in [6, 6.07) is 19.5. The lowest BCUT2D eigenvalue weighted by atomic mass is 9.98. The minimum absolute atomic E-state index is 0.0860. The van der Waals surface area contributed by atoms with Crippen LogP contribution in [0.5, 0.6) is 5.75 Å². The fourth-order valence-electron chi connectivity index (χ4n) is 7.57. The standard InChI is InChI=1S/C43H44Cl2N6O4/c1-24-18-32(19-25(2)39(24)45)55-17-9-12-33-34-13-14-35(44)38(37-26(3)49-50(5)27(37)4)40(34)48-41(33)42(52)46-22-31-20-30(43(53)54-6)21-36(47-31)51-16-15-28-10-7-8-11-29(28)23-51/h7-8,10-11,13-14,18-21,48H,9,12,15-17,22-23H2,1-6H3,(H,46,52). The molecule has 12 heteroatoms. The van der Waals surface area contributed by atoms with Gasteiger partial charge in [-0.2, -0.15) is 5.10 Å². The van der Waals surface area contributed by atoms with Gasteiger partial charge in [0.1, 0.15) is 17.3 Å². The summed E-state index contributed by atoms with van der Waals surface area (Å²) in [7, 11) is 3.26. The number of H-pyrrole nitrogens is 1. The van der Waals surface area contributed by atoms with Crippen molar-refractivity contribution in [3.63, 3.8) is 0 Å². The van der Waals surface area contributed by atoms with Gasteiger partial charge < -0.3 is 24.7 Å². The first-order chi connectivity index (χ1) is 26.4. The molecule has 3 aromatic carbocycles. The Hall–Kier alpha value is -5.32. The van der Waals surface area contributed by atoms with E-state index in [-0.39, 0.29) is 12.5 Å². The number of esters is 1. The van der Waals surface area contributed by atoms with Crippen molar-refractivity contribution in [3.05, 3.63) is 127 Å². The maximum atomic E-state index is 14.3. The van der Waals surface area contributed by atoms with Crippen LogP contribution in [-0.2, 0) is 37.7 Å². The fraction of sp³-hybridized carbons (Fsp3) is 0.302. The topological polar surface area (TPSA) is 114 Å². The maximum absolute atomic E-state index is 14.3. The van der Waals surface area contributed by atoms with Gasteiger partial charge in [-0.3, -0.25) is 9.48 Å². The van der Waals surface area contributed by atoms with Gasteiger partial charge in [0.05, 0.1) is 47.8 Å². The van der Waals surface area contributed by atoms with E-state index in [9.17, 15) is 9.59 Å². The molecule has 0 saturated heterocycles. The highest BCUT2D eigenvalue weighted by molar-refractivity contribution is 6.35. The normalized spacial score (nSPS) is 12.5. The van der Waals surface area contributed by atoms with Crippen LogP contribution in [0.15, 0.2) is 60.7 Å². The number of aryl methyl sites for hydroxylation is 5.